The molecule has 0 radical (unpaired) electrons. The maximum Gasteiger partial charge on any atom is 0.0580 e. The van der Waals surface area contributed by atoms with Crippen molar-refractivity contribution < 1.29 is 4.74 Å². The van der Waals surface area contributed by atoms with Crippen LogP contribution in [0.5, 0.6) is 0 Å². The molecule has 0 unspecified atom stereocenters. The van der Waals surface area contributed by atoms with E-state index >= 15 is 0 Å². The molecule has 0 aliphatic carbocycles. The second-order valence-electron chi connectivity index (χ2n) is 5.19. The Morgan fingerprint density at radius 2 is 1.94 bits per heavy atom. The van der Waals surface area contributed by atoms with E-state index in [0.29, 0.717) is 5.41 Å². The summed E-state index contributed by atoms with van der Waals surface area (Å²) in [5.41, 5.74) is 1.46. The number of ether oxygens (including phenoxy) is 1. The van der Waals surface area contributed by atoms with Crippen molar-refractivity contribution in [3.8, 4) is 11.8 Å². The van der Waals surface area contributed by atoms with Crippen LogP contribution in [0, 0.1) is 17.3 Å². The summed E-state index contributed by atoms with van der Waals surface area (Å²) >= 11 is 0. The molecule has 1 aliphatic heterocycles. The van der Waals surface area contributed by atoms with Gasteiger partial charge in [-0.1, -0.05) is 37.0 Å². The molecular formula is C16H21NO. The van der Waals surface area contributed by atoms with E-state index in [1.54, 1.807) is 0 Å². The second-order valence-corrected chi connectivity index (χ2v) is 5.19. The van der Waals surface area contributed by atoms with Crippen LogP contribution in [-0.4, -0.2) is 26.3 Å². The molecule has 1 aliphatic rings. The van der Waals surface area contributed by atoms with Crippen LogP contribution in [0.25, 0.3) is 0 Å². The fourth-order valence-electron chi connectivity index (χ4n) is 2.14. The quantitative estimate of drug-likeness (QED) is 0.650. The van der Waals surface area contributed by atoms with E-state index in [1.165, 1.54) is 0 Å². The van der Waals surface area contributed by atoms with Crippen molar-refractivity contribution in [2.24, 2.45) is 5.41 Å². The molecule has 0 saturated carbocycles. The summed E-state index contributed by atoms with van der Waals surface area (Å²) in [7, 11) is 0. The molecular weight excluding hydrogens is 222 g/mol. The minimum atomic E-state index is 0.382. The summed E-state index contributed by atoms with van der Waals surface area (Å²) in [4.78, 5) is 0. The Balaban J connectivity index is 1.71. The van der Waals surface area contributed by atoms with Crippen LogP contribution in [0.2, 0.25) is 0 Å². The lowest BCUT2D eigenvalue weighted by Crippen LogP contribution is -2.36. The normalized spacial score (nSPS) is 17.8. The van der Waals surface area contributed by atoms with Gasteiger partial charge in [-0.3, -0.25) is 0 Å². The molecule has 1 aromatic carbocycles. The van der Waals surface area contributed by atoms with E-state index in [-0.39, 0.29) is 0 Å². The summed E-state index contributed by atoms with van der Waals surface area (Å²) in [6.07, 6.45) is 2.29. The fourth-order valence-corrected chi connectivity index (χ4v) is 2.14. The number of hydrogen-bond acceptors (Lipinski definition) is 2. The number of rotatable bonds is 3. The van der Waals surface area contributed by atoms with Crippen molar-refractivity contribution in [2.75, 3.05) is 26.3 Å². The van der Waals surface area contributed by atoms with Crippen molar-refractivity contribution >= 4 is 0 Å². The Kier molecular flexibility index (Phi) is 4.81. The highest BCUT2D eigenvalue weighted by Gasteiger charge is 2.26. The van der Waals surface area contributed by atoms with Crippen molar-refractivity contribution in [2.45, 2.75) is 19.8 Å². The molecule has 0 spiro atoms. The third-order valence-corrected chi connectivity index (χ3v) is 3.47. The van der Waals surface area contributed by atoms with Crippen molar-refractivity contribution in [3.05, 3.63) is 35.9 Å². The van der Waals surface area contributed by atoms with Gasteiger partial charge in [0.1, 0.15) is 0 Å². The van der Waals surface area contributed by atoms with E-state index in [2.05, 4.69) is 24.1 Å². The summed E-state index contributed by atoms with van der Waals surface area (Å²) in [5.74, 6) is 6.32. The zero-order valence-corrected chi connectivity index (χ0v) is 11.0. The Hall–Kier alpha value is -1.30. The van der Waals surface area contributed by atoms with Crippen LogP contribution in [0.1, 0.15) is 25.3 Å². The number of benzene rings is 1. The van der Waals surface area contributed by atoms with Gasteiger partial charge in [-0.25, -0.2) is 0 Å². The minimum Gasteiger partial charge on any atom is -0.381 e. The van der Waals surface area contributed by atoms with Gasteiger partial charge in [0.05, 0.1) is 6.54 Å². The van der Waals surface area contributed by atoms with E-state index in [4.69, 9.17) is 4.74 Å². The van der Waals surface area contributed by atoms with E-state index in [0.717, 1.165) is 44.7 Å². The highest BCUT2D eigenvalue weighted by atomic mass is 16.5. The fraction of sp³-hybridized carbons (Fsp3) is 0.500. The Morgan fingerprint density at radius 1 is 1.22 bits per heavy atom. The van der Waals surface area contributed by atoms with Crippen molar-refractivity contribution in [1.82, 2.24) is 5.32 Å². The van der Waals surface area contributed by atoms with Crippen molar-refractivity contribution in [1.29, 1.82) is 0 Å². The average molecular weight is 243 g/mol. The lowest BCUT2D eigenvalue weighted by Gasteiger charge is -2.33. The molecule has 0 amide bonds. The molecule has 1 saturated heterocycles. The number of nitrogens with one attached hydrogen (secondary N) is 1. The summed E-state index contributed by atoms with van der Waals surface area (Å²) in [5, 5.41) is 3.44. The molecule has 18 heavy (non-hydrogen) atoms. The molecule has 2 heteroatoms. The third kappa shape index (κ3) is 4.18. The van der Waals surface area contributed by atoms with Crippen LogP contribution in [0.4, 0.5) is 0 Å². The first-order valence-electron chi connectivity index (χ1n) is 6.61. The predicted octanol–water partition coefficient (Wildman–Crippen LogP) is 2.44. The Labute approximate surface area is 110 Å². The average Bonchev–Trinajstić information content (AvgIpc) is 2.40. The molecule has 0 aromatic heterocycles. The van der Waals surface area contributed by atoms with Crippen LogP contribution < -0.4 is 5.32 Å². The van der Waals surface area contributed by atoms with E-state index in [1.807, 2.05) is 30.3 Å². The van der Waals surface area contributed by atoms with Crippen LogP contribution in [-0.2, 0) is 4.74 Å². The van der Waals surface area contributed by atoms with Gasteiger partial charge >= 0.3 is 0 Å². The molecule has 1 fully saturated rings. The summed E-state index contributed by atoms with van der Waals surface area (Å²) < 4.78 is 5.39. The highest BCUT2D eigenvalue weighted by molar-refractivity contribution is 5.33. The smallest absolute Gasteiger partial charge is 0.0580 e. The molecule has 1 N–H and O–H groups in total. The van der Waals surface area contributed by atoms with Gasteiger partial charge in [0.15, 0.2) is 0 Å². The molecule has 0 atom stereocenters. The molecule has 1 heterocycles. The first-order valence-corrected chi connectivity index (χ1v) is 6.61. The SMILES string of the molecule is CC1(CNCC#Cc2ccccc2)CCOCC1. The first kappa shape index (κ1) is 13.1. The van der Waals surface area contributed by atoms with Gasteiger partial charge in [-0.15, -0.1) is 0 Å². The molecule has 2 nitrogen and oxygen atoms in total. The largest absolute Gasteiger partial charge is 0.381 e. The van der Waals surface area contributed by atoms with Gasteiger partial charge < -0.3 is 10.1 Å². The van der Waals surface area contributed by atoms with Crippen molar-refractivity contribution in [3.63, 3.8) is 0 Å². The monoisotopic (exact) mass is 243 g/mol. The lowest BCUT2D eigenvalue weighted by molar-refractivity contribution is 0.0246. The molecule has 1 aromatic rings. The van der Waals surface area contributed by atoms with E-state index < -0.39 is 0 Å². The summed E-state index contributed by atoms with van der Waals surface area (Å²) in [6.45, 7) is 5.90. The zero-order valence-electron chi connectivity index (χ0n) is 11.0. The Bertz CT molecular complexity index is 410. The first-order chi connectivity index (χ1) is 8.79. The zero-order chi connectivity index (χ0) is 12.7. The standard InChI is InChI=1S/C16H21NO/c1-16(9-12-18-13-10-16)14-17-11-5-8-15-6-3-2-4-7-15/h2-4,6-7,17H,9-14H2,1H3. The molecule has 0 bridgehead atoms. The number of hydrogen-bond donors (Lipinski definition) is 1. The third-order valence-electron chi connectivity index (χ3n) is 3.47. The maximum absolute atomic E-state index is 5.39. The summed E-state index contributed by atoms with van der Waals surface area (Å²) in [6, 6.07) is 10.1. The van der Waals surface area contributed by atoms with Gasteiger partial charge in [0, 0.05) is 25.3 Å². The minimum absolute atomic E-state index is 0.382. The van der Waals surface area contributed by atoms with Crippen LogP contribution >= 0.6 is 0 Å². The topological polar surface area (TPSA) is 21.3 Å². The molecule has 2 rings (SSSR count). The van der Waals surface area contributed by atoms with Crippen LogP contribution in [0.3, 0.4) is 0 Å². The van der Waals surface area contributed by atoms with Gasteiger partial charge in [-0.2, -0.15) is 0 Å². The maximum atomic E-state index is 5.39. The van der Waals surface area contributed by atoms with Crippen LogP contribution in [0.15, 0.2) is 30.3 Å². The van der Waals surface area contributed by atoms with Gasteiger partial charge in [0.2, 0.25) is 0 Å². The highest BCUT2D eigenvalue weighted by Crippen LogP contribution is 2.28. The second kappa shape index (κ2) is 6.58. The van der Waals surface area contributed by atoms with Gasteiger partial charge in [-0.05, 0) is 30.4 Å². The Morgan fingerprint density at radius 3 is 2.67 bits per heavy atom. The van der Waals surface area contributed by atoms with E-state index in [9.17, 15) is 0 Å². The molecule has 96 valence electrons. The lowest BCUT2D eigenvalue weighted by atomic mass is 9.82. The van der Waals surface area contributed by atoms with Gasteiger partial charge in [0.25, 0.3) is 0 Å². The predicted molar refractivity (Wildman–Crippen MR) is 74.3 cm³/mol.